The highest BCUT2D eigenvalue weighted by atomic mass is 19.2. The summed E-state index contributed by atoms with van der Waals surface area (Å²) in [6.07, 6.45) is 0.426. The molecule has 0 amide bonds. The predicted molar refractivity (Wildman–Crippen MR) is 68.4 cm³/mol. The molecule has 0 saturated heterocycles. The smallest absolute Gasteiger partial charge is 0.163 e. The Morgan fingerprint density at radius 2 is 2.06 bits per heavy atom. The molecule has 0 spiro atoms. The summed E-state index contributed by atoms with van der Waals surface area (Å²) in [4.78, 5) is 1.96. The Balaban J connectivity index is 2.77. The summed E-state index contributed by atoms with van der Waals surface area (Å²) in [5.41, 5.74) is 5.64. The van der Waals surface area contributed by atoms with Gasteiger partial charge in [0.2, 0.25) is 0 Å². The molecule has 0 aliphatic heterocycles. The van der Waals surface area contributed by atoms with Crippen molar-refractivity contribution in [2.75, 3.05) is 6.54 Å². The summed E-state index contributed by atoms with van der Waals surface area (Å²) in [5, 5.41) is 7.20. The second-order valence-corrected chi connectivity index (χ2v) is 4.55. The van der Waals surface area contributed by atoms with Crippen molar-refractivity contribution in [2.24, 2.45) is 5.73 Å². The van der Waals surface area contributed by atoms with Gasteiger partial charge in [0.25, 0.3) is 0 Å². The molecule has 1 rings (SSSR count). The van der Waals surface area contributed by atoms with Crippen molar-refractivity contribution in [3.05, 3.63) is 35.4 Å². The number of benzene rings is 1. The van der Waals surface area contributed by atoms with Gasteiger partial charge in [-0.2, -0.15) is 0 Å². The van der Waals surface area contributed by atoms with E-state index >= 15 is 0 Å². The maximum absolute atomic E-state index is 13.6. The zero-order valence-electron chi connectivity index (χ0n) is 10.7. The fourth-order valence-corrected chi connectivity index (χ4v) is 1.67. The number of halogens is 2. The van der Waals surface area contributed by atoms with Crippen molar-refractivity contribution < 1.29 is 8.78 Å². The van der Waals surface area contributed by atoms with Gasteiger partial charge in [0, 0.05) is 31.1 Å². The van der Waals surface area contributed by atoms with E-state index in [2.05, 4.69) is 0 Å². The molecule has 18 heavy (non-hydrogen) atoms. The van der Waals surface area contributed by atoms with Gasteiger partial charge in [-0.15, -0.1) is 0 Å². The number of nitrogens with one attached hydrogen (secondary N) is 1. The van der Waals surface area contributed by atoms with E-state index in [9.17, 15) is 8.78 Å². The molecule has 100 valence electrons. The molecular formula is C13H19F2N3. The maximum atomic E-state index is 13.6. The van der Waals surface area contributed by atoms with Gasteiger partial charge >= 0.3 is 0 Å². The number of nitrogens with zero attached hydrogens (tertiary/aromatic N) is 1. The lowest BCUT2D eigenvalue weighted by atomic mass is 10.1. The fraction of sp³-hybridized carbons (Fsp3) is 0.462. The molecular weight excluding hydrogens is 236 g/mol. The van der Waals surface area contributed by atoms with Crippen LogP contribution < -0.4 is 5.73 Å². The van der Waals surface area contributed by atoms with Gasteiger partial charge < -0.3 is 5.73 Å². The molecule has 0 heterocycles. The van der Waals surface area contributed by atoms with Crippen LogP contribution in [-0.4, -0.2) is 23.3 Å². The number of amidine groups is 1. The average molecular weight is 255 g/mol. The zero-order chi connectivity index (χ0) is 13.7. The third kappa shape index (κ3) is 4.07. The van der Waals surface area contributed by atoms with Crippen LogP contribution in [0.3, 0.4) is 0 Å². The normalized spacial score (nSPS) is 11.2. The van der Waals surface area contributed by atoms with Gasteiger partial charge in [-0.25, -0.2) is 8.78 Å². The van der Waals surface area contributed by atoms with Crippen LogP contribution in [0.2, 0.25) is 0 Å². The van der Waals surface area contributed by atoms with Crippen molar-refractivity contribution in [2.45, 2.75) is 32.9 Å². The van der Waals surface area contributed by atoms with E-state index in [-0.39, 0.29) is 11.9 Å². The van der Waals surface area contributed by atoms with Crippen LogP contribution in [0.5, 0.6) is 0 Å². The fourth-order valence-electron chi connectivity index (χ4n) is 1.67. The SMILES string of the molecule is CC(C)N(CCC(=N)N)Cc1cccc(F)c1F. The van der Waals surface area contributed by atoms with E-state index in [1.807, 2.05) is 18.7 Å². The maximum Gasteiger partial charge on any atom is 0.163 e. The highest BCUT2D eigenvalue weighted by Crippen LogP contribution is 2.15. The van der Waals surface area contributed by atoms with Crippen LogP contribution in [0.1, 0.15) is 25.8 Å². The van der Waals surface area contributed by atoms with Gasteiger partial charge in [-0.3, -0.25) is 10.3 Å². The second-order valence-electron chi connectivity index (χ2n) is 4.55. The molecule has 1 aromatic carbocycles. The van der Waals surface area contributed by atoms with Gasteiger partial charge in [0.05, 0.1) is 5.84 Å². The van der Waals surface area contributed by atoms with E-state index in [4.69, 9.17) is 11.1 Å². The van der Waals surface area contributed by atoms with Gasteiger partial charge in [-0.05, 0) is 19.9 Å². The van der Waals surface area contributed by atoms with E-state index in [0.29, 0.717) is 25.1 Å². The first-order valence-corrected chi connectivity index (χ1v) is 5.91. The van der Waals surface area contributed by atoms with E-state index in [1.54, 1.807) is 6.07 Å². The predicted octanol–water partition coefficient (Wildman–Crippen LogP) is 2.50. The first-order chi connectivity index (χ1) is 8.41. The van der Waals surface area contributed by atoms with Crippen molar-refractivity contribution in [3.63, 3.8) is 0 Å². The molecule has 0 unspecified atom stereocenters. The lowest BCUT2D eigenvalue weighted by molar-refractivity contribution is 0.215. The number of rotatable bonds is 6. The minimum atomic E-state index is -0.831. The summed E-state index contributed by atoms with van der Waals surface area (Å²) in [5.74, 6) is -1.53. The topological polar surface area (TPSA) is 53.1 Å². The standard InChI is InChI=1S/C13H19F2N3/c1-9(2)18(7-6-12(16)17)8-10-4-3-5-11(14)13(10)15/h3-5,9H,6-8H2,1-2H3,(H3,16,17). The molecule has 3 nitrogen and oxygen atoms in total. The molecule has 0 fully saturated rings. The number of nitrogens with two attached hydrogens (primary N) is 1. The Hall–Kier alpha value is -1.49. The highest BCUT2D eigenvalue weighted by Gasteiger charge is 2.14. The van der Waals surface area contributed by atoms with Crippen molar-refractivity contribution in [1.29, 1.82) is 5.41 Å². The monoisotopic (exact) mass is 255 g/mol. The summed E-state index contributed by atoms with van der Waals surface area (Å²) >= 11 is 0. The molecule has 0 aliphatic carbocycles. The van der Waals surface area contributed by atoms with Crippen molar-refractivity contribution in [3.8, 4) is 0 Å². The molecule has 0 aromatic heterocycles. The molecule has 5 heteroatoms. The minimum Gasteiger partial charge on any atom is -0.388 e. The number of hydrogen-bond donors (Lipinski definition) is 2. The van der Waals surface area contributed by atoms with Crippen LogP contribution in [0.4, 0.5) is 8.78 Å². The Morgan fingerprint density at radius 3 is 2.61 bits per heavy atom. The molecule has 3 N–H and O–H groups in total. The zero-order valence-corrected chi connectivity index (χ0v) is 10.7. The molecule has 1 aromatic rings. The Bertz CT molecular complexity index is 419. The number of hydrogen-bond acceptors (Lipinski definition) is 2. The Labute approximate surface area is 106 Å². The van der Waals surface area contributed by atoms with Crippen LogP contribution in [0, 0.1) is 17.0 Å². The van der Waals surface area contributed by atoms with Crippen LogP contribution in [0.15, 0.2) is 18.2 Å². The first kappa shape index (κ1) is 14.6. The average Bonchev–Trinajstić information content (AvgIpc) is 2.29. The van der Waals surface area contributed by atoms with E-state index in [1.165, 1.54) is 6.07 Å². The molecule has 0 bridgehead atoms. The second kappa shape index (κ2) is 6.44. The first-order valence-electron chi connectivity index (χ1n) is 5.91. The Kier molecular flexibility index (Phi) is 5.22. The molecule has 0 aliphatic rings. The van der Waals surface area contributed by atoms with Gasteiger partial charge in [0.15, 0.2) is 11.6 Å². The van der Waals surface area contributed by atoms with Gasteiger partial charge in [0.1, 0.15) is 0 Å². The summed E-state index contributed by atoms with van der Waals surface area (Å²) in [7, 11) is 0. The molecule has 0 radical (unpaired) electrons. The highest BCUT2D eigenvalue weighted by molar-refractivity contribution is 5.76. The van der Waals surface area contributed by atoms with Crippen LogP contribution in [0.25, 0.3) is 0 Å². The molecule has 0 saturated carbocycles. The van der Waals surface area contributed by atoms with Crippen LogP contribution >= 0.6 is 0 Å². The largest absolute Gasteiger partial charge is 0.388 e. The quantitative estimate of drug-likeness (QED) is 0.606. The summed E-state index contributed by atoms with van der Waals surface area (Å²) in [6, 6.07) is 4.35. The van der Waals surface area contributed by atoms with E-state index in [0.717, 1.165) is 6.07 Å². The van der Waals surface area contributed by atoms with Crippen molar-refractivity contribution in [1.82, 2.24) is 4.90 Å². The molecule has 0 atom stereocenters. The Morgan fingerprint density at radius 1 is 1.39 bits per heavy atom. The van der Waals surface area contributed by atoms with E-state index < -0.39 is 11.6 Å². The lowest BCUT2D eigenvalue weighted by Gasteiger charge is -2.26. The lowest BCUT2D eigenvalue weighted by Crippen LogP contribution is -2.33. The third-order valence-electron chi connectivity index (χ3n) is 2.80. The van der Waals surface area contributed by atoms with Crippen LogP contribution in [-0.2, 0) is 6.54 Å². The summed E-state index contributed by atoms with van der Waals surface area (Å²) in [6.45, 7) is 4.81. The summed E-state index contributed by atoms with van der Waals surface area (Å²) < 4.78 is 26.7. The van der Waals surface area contributed by atoms with Gasteiger partial charge in [-0.1, -0.05) is 12.1 Å². The third-order valence-corrected chi connectivity index (χ3v) is 2.80. The minimum absolute atomic E-state index is 0.0976. The van der Waals surface area contributed by atoms with Crippen molar-refractivity contribution >= 4 is 5.84 Å².